The van der Waals surface area contributed by atoms with E-state index in [0.29, 0.717) is 18.2 Å². The number of anilines is 1. The van der Waals surface area contributed by atoms with Crippen molar-refractivity contribution in [3.63, 3.8) is 0 Å². The van der Waals surface area contributed by atoms with E-state index in [4.69, 9.17) is 9.84 Å². The Kier molecular flexibility index (Phi) is 3.89. The Morgan fingerprint density at radius 2 is 2.16 bits per heavy atom. The van der Waals surface area contributed by atoms with E-state index in [0.717, 1.165) is 12.8 Å². The van der Waals surface area contributed by atoms with Crippen LogP contribution in [0.1, 0.15) is 23.2 Å². The molecule has 0 saturated heterocycles. The molecule has 3 N–H and O–H groups in total. The highest BCUT2D eigenvalue weighted by Crippen LogP contribution is 2.27. The van der Waals surface area contributed by atoms with Crippen LogP contribution in [0.2, 0.25) is 0 Å². The smallest absolute Gasteiger partial charge is 0.337 e. The third kappa shape index (κ3) is 3.61. The molecule has 19 heavy (non-hydrogen) atoms. The number of carboxylic acids is 1. The number of aromatic carboxylic acids is 1. The van der Waals surface area contributed by atoms with Gasteiger partial charge in [0, 0.05) is 12.6 Å². The Morgan fingerprint density at radius 3 is 2.74 bits per heavy atom. The molecule has 1 fully saturated rings. The number of carboxylic acid groups (broad SMARTS) is 1. The molecule has 2 amide bonds. The van der Waals surface area contributed by atoms with E-state index >= 15 is 0 Å². The maximum absolute atomic E-state index is 11.7. The topological polar surface area (TPSA) is 87.7 Å². The number of amides is 2. The van der Waals surface area contributed by atoms with Gasteiger partial charge in [0.15, 0.2) is 0 Å². The van der Waals surface area contributed by atoms with Gasteiger partial charge in [0.05, 0.1) is 18.4 Å². The Bertz CT molecular complexity index is 497. The van der Waals surface area contributed by atoms with Crippen molar-refractivity contribution in [1.82, 2.24) is 5.32 Å². The maximum Gasteiger partial charge on any atom is 0.337 e. The fraction of sp³-hybridized carbons (Fsp3) is 0.385. The number of ether oxygens (including phenoxy) is 1. The molecule has 0 spiro atoms. The number of carbonyl (C=O) groups is 2. The van der Waals surface area contributed by atoms with Gasteiger partial charge < -0.3 is 20.5 Å². The van der Waals surface area contributed by atoms with Crippen LogP contribution < -0.4 is 15.4 Å². The lowest BCUT2D eigenvalue weighted by molar-refractivity contribution is 0.0698. The van der Waals surface area contributed by atoms with Crippen LogP contribution in [0.25, 0.3) is 0 Å². The third-order valence-corrected chi connectivity index (χ3v) is 2.95. The zero-order valence-corrected chi connectivity index (χ0v) is 10.6. The number of benzene rings is 1. The minimum Gasteiger partial charge on any atom is -0.497 e. The number of hydrogen-bond acceptors (Lipinski definition) is 3. The van der Waals surface area contributed by atoms with Crippen LogP contribution in [0.15, 0.2) is 18.2 Å². The van der Waals surface area contributed by atoms with Gasteiger partial charge in [-0.15, -0.1) is 0 Å². The normalized spacial score (nSPS) is 13.7. The number of hydrogen-bond donors (Lipinski definition) is 3. The van der Waals surface area contributed by atoms with E-state index in [1.807, 2.05) is 0 Å². The van der Waals surface area contributed by atoms with Crippen LogP contribution in [0.3, 0.4) is 0 Å². The summed E-state index contributed by atoms with van der Waals surface area (Å²) in [6.07, 6.45) is 2.28. The van der Waals surface area contributed by atoms with Crippen molar-refractivity contribution < 1.29 is 19.4 Å². The second-order valence-corrected chi connectivity index (χ2v) is 4.50. The second kappa shape index (κ2) is 5.60. The monoisotopic (exact) mass is 264 g/mol. The highest BCUT2D eigenvalue weighted by atomic mass is 16.5. The van der Waals surface area contributed by atoms with Gasteiger partial charge in [-0.3, -0.25) is 0 Å². The highest BCUT2D eigenvalue weighted by Gasteiger charge is 2.22. The van der Waals surface area contributed by atoms with Crippen molar-refractivity contribution in [3.8, 4) is 5.75 Å². The molecule has 2 rings (SSSR count). The molecule has 1 aliphatic rings. The Balaban J connectivity index is 2.06. The zero-order chi connectivity index (χ0) is 13.8. The Labute approximate surface area is 110 Å². The molecule has 0 atom stereocenters. The molecule has 0 radical (unpaired) electrons. The van der Waals surface area contributed by atoms with Crippen LogP contribution in [-0.2, 0) is 0 Å². The average molecular weight is 264 g/mol. The summed E-state index contributed by atoms with van der Waals surface area (Å²) in [4.78, 5) is 22.7. The van der Waals surface area contributed by atoms with Crippen molar-refractivity contribution in [2.24, 2.45) is 5.92 Å². The number of carbonyl (C=O) groups excluding carboxylic acids is 1. The fourth-order valence-corrected chi connectivity index (χ4v) is 1.67. The van der Waals surface area contributed by atoms with E-state index in [9.17, 15) is 9.59 Å². The molecule has 0 unspecified atom stereocenters. The molecular weight excluding hydrogens is 248 g/mol. The first-order valence-electron chi connectivity index (χ1n) is 6.06. The van der Waals surface area contributed by atoms with Gasteiger partial charge >= 0.3 is 12.0 Å². The molecule has 102 valence electrons. The molecule has 1 aromatic rings. The molecule has 1 aromatic carbocycles. The molecule has 6 nitrogen and oxygen atoms in total. The van der Waals surface area contributed by atoms with Crippen molar-refractivity contribution in [2.75, 3.05) is 19.0 Å². The third-order valence-electron chi connectivity index (χ3n) is 2.95. The van der Waals surface area contributed by atoms with Crippen LogP contribution in [-0.4, -0.2) is 30.8 Å². The van der Waals surface area contributed by atoms with E-state index < -0.39 is 12.0 Å². The van der Waals surface area contributed by atoms with Crippen molar-refractivity contribution >= 4 is 17.7 Å². The molecule has 1 aliphatic carbocycles. The summed E-state index contributed by atoms with van der Waals surface area (Å²) in [6, 6.07) is 4.02. The Hall–Kier alpha value is -2.24. The maximum atomic E-state index is 11.7. The summed E-state index contributed by atoms with van der Waals surface area (Å²) in [5.74, 6) is -0.0438. The first-order chi connectivity index (χ1) is 9.10. The first kappa shape index (κ1) is 13.2. The second-order valence-electron chi connectivity index (χ2n) is 4.50. The summed E-state index contributed by atoms with van der Waals surface area (Å²) in [7, 11) is 1.48. The predicted octanol–water partition coefficient (Wildman–Crippen LogP) is 1.92. The van der Waals surface area contributed by atoms with E-state index in [1.165, 1.54) is 25.3 Å². The number of methoxy groups -OCH3 is 1. The minimum absolute atomic E-state index is 0.0300. The highest BCUT2D eigenvalue weighted by molar-refractivity contribution is 6.00. The number of rotatable bonds is 5. The Morgan fingerprint density at radius 1 is 1.42 bits per heavy atom. The van der Waals surface area contributed by atoms with Crippen LogP contribution in [0.4, 0.5) is 10.5 Å². The predicted molar refractivity (Wildman–Crippen MR) is 69.7 cm³/mol. The van der Waals surface area contributed by atoms with Crippen LogP contribution >= 0.6 is 0 Å². The molecule has 0 bridgehead atoms. The summed E-state index contributed by atoms with van der Waals surface area (Å²) in [5.41, 5.74) is 0.252. The lowest BCUT2D eigenvalue weighted by atomic mass is 10.1. The van der Waals surface area contributed by atoms with Gasteiger partial charge in [0.25, 0.3) is 0 Å². The summed E-state index contributed by atoms with van der Waals surface area (Å²) < 4.78 is 5.01. The lowest BCUT2D eigenvalue weighted by Crippen LogP contribution is -2.31. The molecule has 6 heteroatoms. The van der Waals surface area contributed by atoms with Gasteiger partial charge in [0.1, 0.15) is 5.75 Å². The summed E-state index contributed by atoms with van der Waals surface area (Å²) in [6.45, 7) is 0.623. The zero-order valence-electron chi connectivity index (χ0n) is 10.6. The molecule has 0 aliphatic heterocycles. The fourth-order valence-electron chi connectivity index (χ4n) is 1.67. The minimum atomic E-state index is -1.10. The van der Waals surface area contributed by atoms with Crippen molar-refractivity contribution in [3.05, 3.63) is 23.8 Å². The largest absolute Gasteiger partial charge is 0.497 e. The van der Waals surface area contributed by atoms with Gasteiger partial charge in [-0.1, -0.05) is 0 Å². The lowest BCUT2D eigenvalue weighted by Gasteiger charge is -2.11. The number of nitrogens with one attached hydrogen (secondary N) is 2. The summed E-state index contributed by atoms with van der Waals surface area (Å²) in [5, 5.41) is 14.3. The SMILES string of the molecule is COc1ccc(C(=O)O)c(NC(=O)NCC2CC2)c1. The van der Waals surface area contributed by atoms with E-state index in [2.05, 4.69) is 10.6 Å². The molecule has 0 aromatic heterocycles. The van der Waals surface area contributed by atoms with Gasteiger partial charge in [-0.25, -0.2) is 9.59 Å². The van der Waals surface area contributed by atoms with Crippen LogP contribution in [0.5, 0.6) is 5.75 Å². The molecule has 0 heterocycles. The average Bonchev–Trinajstić information content (AvgIpc) is 3.20. The first-order valence-corrected chi connectivity index (χ1v) is 6.06. The molecule has 1 saturated carbocycles. The van der Waals surface area contributed by atoms with Crippen LogP contribution in [0, 0.1) is 5.92 Å². The number of urea groups is 1. The standard InChI is InChI=1S/C13H16N2O4/c1-19-9-4-5-10(12(16)17)11(6-9)15-13(18)14-7-8-2-3-8/h4-6,8H,2-3,7H2,1H3,(H,16,17)(H2,14,15,18). The molecular formula is C13H16N2O4. The van der Waals surface area contributed by atoms with Crippen molar-refractivity contribution in [2.45, 2.75) is 12.8 Å². The summed E-state index contributed by atoms with van der Waals surface area (Å²) >= 11 is 0. The van der Waals surface area contributed by atoms with Gasteiger partial charge in [-0.05, 0) is 30.9 Å². The quantitative estimate of drug-likeness (QED) is 0.758. The van der Waals surface area contributed by atoms with Crippen molar-refractivity contribution in [1.29, 1.82) is 0 Å². The van der Waals surface area contributed by atoms with Gasteiger partial charge in [-0.2, -0.15) is 0 Å². The van der Waals surface area contributed by atoms with E-state index in [-0.39, 0.29) is 11.3 Å². The van der Waals surface area contributed by atoms with E-state index in [1.54, 1.807) is 0 Å². The van der Waals surface area contributed by atoms with Gasteiger partial charge in [0.2, 0.25) is 0 Å².